The number of nitrogen functional groups attached to an aromatic ring is 1. The lowest BCUT2D eigenvalue weighted by Gasteiger charge is -1.94. The second-order valence-corrected chi connectivity index (χ2v) is 6.41. The van der Waals surface area contributed by atoms with Gasteiger partial charge in [-0.3, -0.25) is 4.79 Å². The number of carbonyl (C=O) groups excluding carboxylic acids is 1. The zero-order valence-electron chi connectivity index (χ0n) is 14.9. The molecule has 13 heteroatoms. The number of aromatic nitrogens is 2. The van der Waals surface area contributed by atoms with E-state index in [1.165, 1.54) is 23.8 Å². The van der Waals surface area contributed by atoms with Gasteiger partial charge in [0.05, 0.1) is 5.69 Å². The number of halogens is 1. The summed E-state index contributed by atoms with van der Waals surface area (Å²) >= 11 is 2.56. The van der Waals surface area contributed by atoms with E-state index in [9.17, 15) is 9.59 Å². The Labute approximate surface area is 179 Å². The average Bonchev–Trinajstić information content (AvgIpc) is 3.30. The van der Waals surface area contributed by atoms with E-state index in [0.29, 0.717) is 16.7 Å². The van der Waals surface area contributed by atoms with Crippen LogP contribution in [0.15, 0.2) is 46.2 Å². The minimum atomic E-state index is -1.25. The number of carbonyl (C=O) groups is 2. The van der Waals surface area contributed by atoms with Crippen LogP contribution in [0, 0.1) is 0 Å². The molecule has 156 valence electrons. The van der Waals surface area contributed by atoms with Crippen molar-refractivity contribution in [2.75, 3.05) is 18.2 Å². The molecule has 3 aromatic rings. The van der Waals surface area contributed by atoms with E-state index in [-0.39, 0.29) is 29.3 Å². The first-order valence-corrected chi connectivity index (χ1v) is 9.08. The van der Waals surface area contributed by atoms with Crippen LogP contribution >= 0.6 is 35.1 Å². The van der Waals surface area contributed by atoms with Crippen LogP contribution in [0.25, 0.3) is 11.3 Å². The van der Waals surface area contributed by atoms with Crippen molar-refractivity contribution in [2.45, 2.75) is 0 Å². The molecule has 0 atom stereocenters. The number of anilines is 2. The Morgan fingerprint density at radius 2 is 1.93 bits per heavy atom. The van der Waals surface area contributed by atoms with Crippen molar-refractivity contribution in [3.05, 3.63) is 46.8 Å². The lowest BCUT2D eigenvalue weighted by Crippen LogP contribution is -2.15. The molecule has 0 spiro atoms. The molecule has 0 bridgehead atoms. The van der Waals surface area contributed by atoms with Gasteiger partial charge in [0.25, 0.3) is 0 Å². The van der Waals surface area contributed by atoms with Gasteiger partial charge < -0.3 is 26.5 Å². The van der Waals surface area contributed by atoms with E-state index < -0.39 is 5.97 Å². The zero-order valence-corrected chi connectivity index (χ0v) is 17.4. The van der Waals surface area contributed by atoms with Crippen LogP contribution in [0.3, 0.4) is 0 Å². The van der Waals surface area contributed by atoms with E-state index in [1.807, 2.05) is 35.7 Å². The Bertz CT molecular complexity index is 933. The largest absolute Gasteiger partial charge is 0.476 e. The van der Waals surface area contributed by atoms with Gasteiger partial charge in [-0.05, 0) is 0 Å². The van der Waals surface area contributed by atoms with Crippen molar-refractivity contribution < 1.29 is 25.0 Å². The molecule has 0 saturated heterocycles. The SMILES string of the molecule is CON=C(C(=O)O)c1csc(NC=O)n1.Cl.Nc1nc(-c2ccccc2)cs1.O. The molecular weight excluding hydrogens is 442 g/mol. The number of nitrogens with zero attached hydrogens (tertiary/aromatic N) is 3. The summed E-state index contributed by atoms with van der Waals surface area (Å²) in [6, 6.07) is 10.0. The highest BCUT2D eigenvalue weighted by Crippen LogP contribution is 2.22. The Morgan fingerprint density at radius 1 is 1.24 bits per heavy atom. The highest BCUT2D eigenvalue weighted by atomic mass is 35.5. The maximum atomic E-state index is 10.7. The molecule has 0 radical (unpaired) electrons. The predicted octanol–water partition coefficient (Wildman–Crippen LogP) is 2.14. The van der Waals surface area contributed by atoms with E-state index in [1.54, 1.807) is 0 Å². The maximum Gasteiger partial charge on any atom is 0.360 e. The fourth-order valence-corrected chi connectivity index (χ4v) is 3.04. The van der Waals surface area contributed by atoms with Gasteiger partial charge in [-0.1, -0.05) is 35.5 Å². The normalized spacial score (nSPS) is 9.76. The maximum absolute atomic E-state index is 10.7. The first-order valence-electron chi connectivity index (χ1n) is 7.32. The van der Waals surface area contributed by atoms with E-state index >= 15 is 0 Å². The number of hydrogen-bond donors (Lipinski definition) is 3. The van der Waals surface area contributed by atoms with Gasteiger partial charge in [0.1, 0.15) is 12.8 Å². The second-order valence-electron chi connectivity index (χ2n) is 4.66. The van der Waals surface area contributed by atoms with Gasteiger partial charge >= 0.3 is 5.97 Å². The third-order valence-corrected chi connectivity index (χ3v) is 4.35. The number of nitrogens with one attached hydrogen (secondary N) is 1. The lowest BCUT2D eigenvalue weighted by molar-refractivity contribution is -0.129. The summed E-state index contributed by atoms with van der Waals surface area (Å²) in [4.78, 5) is 33.2. The zero-order chi connectivity index (χ0) is 19.6. The van der Waals surface area contributed by atoms with Gasteiger partial charge in [-0.15, -0.1) is 35.1 Å². The van der Waals surface area contributed by atoms with Crippen LogP contribution in [0.5, 0.6) is 0 Å². The van der Waals surface area contributed by atoms with Crippen LogP contribution in [0.4, 0.5) is 10.3 Å². The number of benzene rings is 1. The summed E-state index contributed by atoms with van der Waals surface area (Å²) in [6.07, 6.45) is 0.455. The number of oxime groups is 1. The van der Waals surface area contributed by atoms with Gasteiger partial charge in [-0.25, -0.2) is 14.8 Å². The molecule has 29 heavy (non-hydrogen) atoms. The number of rotatable bonds is 6. The number of hydrogen-bond acceptors (Lipinski definition) is 9. The summed E-state index contributed by atoms with van der Waals surface area (Å²) < 4.78 is 0. The minimum Gasteiger partial charge on any atom is -0.476 e. The summed E-state index contributed by atoms with van der Waals surface area (Å²) in [5, 5.41) is 18.7. The van der Waals surface area contributed by atoms with Crippen LogP contribution in [0.2, 0.25) is 0 Å². The van der Waals surface area contributed by atoms with E-state index in [2.05, 4.69) is 25.3 Å². The third-order valence-electron chi connectivity index (χ3n) is 2.91. The van der Waals surface area contributed by atoms with Gasteiger partial charge in [0.15, 0.2) is 10.3 Å². The Morgan fingerprint density at radius 3 is 2.45 bits per heavy atom. The van der Waals surface area contributed by atoms with Crippen molar-refractivity contribution in [2.24, 2.45) is 5.16 Å². The number of thiazole rings is 2. The number of aliphatic carboxylic acids is 1. The summed E-state index contributed by atoms with van der Waals surface area (Å²) in [7, 11) is 1.24. The molecule has 1 amide bonds. The number of carboxylic acids is 1. The standard InChI is InChI=1S/C9H8N2S.C7H7N3O4S.ClH.H2O/c10-9-11-8(6-12-9)7-4-2-1-3-5-7;1-14-10-5(6(12)13)4-2-15-7(9-4)8-3-11;;/h1-6H,(H2,10,11);2-3H,1H3,(H,12,13)(H,8,9,11);1H;1H2. The monoisotopic (exact) mass is 459 g/mol. The molecule has 0 fully saturated rings. The highest BCUT2D eigenvalue weighted by molar-refractivity contribution is 7.14. The van der Waals surface area contributed by atoms with Crippen molar-refractivity contribution in [1.29, 1.82) is 0 Å². The van der Waals surface area contributed by atoms with Crippen LogP contribution in [0.1, 0.15) is 5.69 Å². The predicted molar refractivity (Wildman–Crippen MR) is 116 cm³/mol. The molecule has 0 aliphatic rings. The molecule has 2 heterocycles. The second kappa shape index (κ2) is 13.2. The number of nitrogens with two attached hydrogens (primary N) is 1. The van der Waals surface area contributed by atoms with Crippen LogP contribution in [-0.2, 0) is 14.4 Å². The summed E-state index contributed by atoms with van der Waals surface area (Å²) in [5.41, 5.74) is 7.42. The van der Waals surface area contributed by atoms with Gasteiger partial charge in [-0.2, -0.15) is 0 Å². The van der Waals surface area contributed by atoms with Crippen LogP contribution in [-0.4, -0.2) is 45.8 Å². The quantitative estimate of drug-likeness (QED) is 0.287. The molecule has 0 saturated carbocycles. The molecule has 1 aromatic carbocycles. The molecule has 2 aromatic heterocycles. The van der Waals surface area contributed by atoms with E-state index in [0.717, 1.165) is 22.6 Å². The molecular formula is C16H18ClN5O5S2. The summed E-state index contributed by atoms with van der Waals surface area (Å²) in [5.74, 6) is -1.25. The highest BCUT2D eigenvalue weighted by Gasteiger charge is 2.17. The van der Waals surface area contributed by atoms with Crippen molar-refractivity contribution >= 4 is 63.4 Å². The van der Waals surface area contributed by atoms with Crippen molar-refractivity contribution in [1.82, 2.24) is 9.97 Å². The molecule has 10 nitrogen and oxygen atoms in total. The lowest BCUT2D eigenvalue weighted by atomic mass is 10.2. The van der Waals surface area contributed by atoms with Gasteiger partial charge in [0, 0.05) is 16.3 Å². The van der Waals surface area contributed by atoms with E-state index in [4.69, 9.17) is 10.8 Å². The molecule has 0 aliphatic carbocycles. The number of amides is 1. The number of carboxylic acid groups (broad SMARTS) is 1. The fourth-order valence-electron chi connectivity index (χ4n) is 1.81. The topological polar surface area (TPSA) is 171 Å². The molecule has 0 unspecified atom stereocenters. The smallest absolute Gasteiger partial charge is 0.360 e. The first-order chi connectivity index (χ1) is 13.0. The third kappa shape index (κ3) is 7.83. The first kappa shape index (κ1) is 25.9. The summed E-state index contributed by atoms with van der Waals surface area (Å²) in [6.45, 7) is 0. The van der Waals surface area contributed by atoms with Gasteiger partial charge in [0.2, 0.25) is 12.1 Å². The Hall–Kier alpha value is -3.06. The molecule has 3 rings (SSSR count). The fraction of sp³-hybridized carbons (Fsp3) is 0.0625. The average molecular weight is 460 g/mol. The molecule has 6 N–H and O–H groups in total. The van der Waals surface area contributed by atoms with Crippen molar-refractivity contribution in [3.8, 4) is 11.3 Å². The molecule has 0 aliphatic heterocycles. The van der Waals surface area contributed by atoms with Crippen molar-refractivity contribution in [3.63, 3.8) is 0 Å². The Kier molecular flexibility index (Phi) is 11.8. The Balaban J connectivity index is 0.000000514. The van der Waals surface area contributed by atoms with Crippen LogP contribution < -0.4 is 11.1 Å². The minimum absolute atomic E-state index is 0.